The quantitative estimate of drug-likeness (QED) is 0.734. The van der Waals surface area contributed by atoms with E-state index in [1.807, 2.05) is 52.0 Å². The number of aryl methyl sites for hydroxylation is 5. The van der Waals surface area contributed by atoms with Gasteiger partial charge in [-0.3, -0.25) is 4.79 Å². The van der Waals surface area contributed by atoms with E-state index < -0.39 is 0 Å². The number of hydrogen-bond donors (Lipinski definition) is 1. The molecule has 0 saturated heterocycles. The fourth-order valence-electron chi connectivity index (χ4n) is 3.06. The van der Waals surface area contributed by atoms with Crippen LogP contribution in [-0.4, -0.2) is 16.0 Å². The van der Waals surface area contributed by atoms with Crippen molar-refractivity contribution in [3.8, 4) is 11.4 Å². The zero-order chi connectivity index (χ0) is 18.7. The van der Waals surface area contributed by atoms with Crippen molar-refractivity contribution in [3.63, 3.8) is 0 Å². The maximum absolute atomic E-state index is 12.3. The van der Waals surface area contributed by atoms with Crippen molar-refractivity contribution in [2.24, 2.45) is 0 Å². The van der Waals surface area contributed by atoms with Gasteiger partial charge in [-0.25, -0.2) is 0 Å². The third kappa shape index (κ3) is 4.17. The molecule has 3 aromatic rings. The van der Waals surface area contributed by atoms with Crippen LogP contribution in [0.3, 0.4) is 0 Å². The van der Waals surface area contributed by atoms with Crippen molar-refractivity contribution in [3.05, 3.63) is 64.5 Å². The van der Waals surface area contributed by atoms with Crippen molar-refractivity contribution in [1.82, 2.24) is 10.1 Å². The molecule has 0 aliphatic carbocycles. The SMILES string of the molecule is Cc1cccc(-c2noc(CCC(=O)Nc3c(C)cc(C)cc3C)n2)c1. The second-order valence-corrected chi connectivity index (χ2v) is 6.70. The number of carbonyl (C=O) groups is 1. The van der Waals surface area contributed by atoms with Crippen LogP contribution in [0.4, 0.5) is 5.69 Å². The number of benzene rings is 2. The number of amides is 1. The molecule has 5 nitrogen and oxygen atoms in total. The van der Waals surface area contributed by atoms with E-state index in [1.165, 1.54) is 5.56 Å². The summed E-state index contributed by atoms with van der Waals surface area (Å²) in [6.07, 6.45) is 0.705. The Morgan fingerprint density at radius 2 is 1.77 bits per heavy atom. The maximum Gasteiger partial charge on any atom is 0.227 e. The number of nitrogens with zero attached hydrogens (tertiary/aromatic N) is 2. The highest BCUT2D eigenvalue weighted by molar-refractivity contribution is 5.92. The normalized spacial score (nSPS) is 10.8. The molecule has 134 valence electrons. The minimum Gasteiger partial charge on any atom is -0.339 e. The number of carbonyl (C=O) groups excluding carboxylic acids is 1. The summed E-state index contributed by atoms with van der Waals surface area (Å²) in [5, 5.41) is 7.00. The van der Waals surface area contributed by atoms with Gasteiger partial charge in [-0.1, -0.05) is 46.6 Å². The summed E-state index contributed by atoms with van der Waals surface area (Å²) in [5.41, 5.74) is 6.25. The van der Waals surface area contributed by atoms with Gasteiger partial charge in [0.2, 0.25) is 17.6 Å². The lowest BCUT2D eigenvalue weighted by Crippen LogP contribution is -2.14. The summed E-state index contributed by atoms with van der Waals surface area (Å²) in [6.45, 7) is 8.07. The average molecular weight is 349 g/mol. The number of rotatable bonds is 5. The fraction of sp³-hybridized carbons (Fsp3) is 0.286. The Bertz CT molecular complexity index is 921. The molecular weight excluding hydrogens is 326 g/mol. The Labute approximate surface area is 153 Å². The Hall–Kier alpha value is -2.95. The molecule has 0 bridgehead atoms. The molecule has 2 aromatic carbocycles. The second-order valence-electron chi connectivity index (χ2n) is 6.70. The van der Waals surface area contributed by atoms with E-state index in [9.17, 15) is 4.79 Å². The predicted octanol–water partition coefficient (Wildman–Crippen LogP) is 4.54. The number of nitrogens with one attached hydrogen (secondary N) is 1. The Kier molecular flexibility index (Phi) is 5.16. The molecule has 0 unspecified atom stereocenters. The standard InChI is InChI=1S/C21H23N3O2/c1-13-6-5-7-17(12-13)21-23-19(26-24-21)9-8-18(25)22-20-15(3)10-14(2)11-16(20)4/h5-7,10-12H,8-9H2,1-4H3,(H,22,25). The van der Waals surface area contributed by atoms with Crippen molar-refractivity contribution < 1.29 is 9.32 Å². The highest BCUT2D eigenvalue weighted by atomic mass is 16.5. The first-order valence-electron chi connectivity index (χ1n) is 8.69. The van der Waals surface area contributed by atoms with E-state index >= 15 is 0 Å². The van der Waals surface area contributed by atoms with Gasteiger partial charge in [0.25, 0.3) is 0 Å². The predicted molar refractivity (Wildman–Crippen MR) is 102 cm³/mol. The van der Waals surface area contributed by atoms with Gasteiger partial charge < -0.3 is 9.84 Å². The lowest BCUT2D eigenvalue weighted by atomic mass is 10.0. The van der Waals surface area contributed by atoms with Crippen molar-refractivity contribution >= 4 is 11.6 Å². The lowest BCUT2D eigenvalue weighted by molar-refractivity contribution is -0.116. The van der Waals surface area contributed by atoms with E-state index in [1.54, 1.807) is 0 Å². The van der Waals surface area contributed by atoms with Crippen LogP contribution in [0.25, 0.3) is 11.4 Å². The number of hydrogen-bond acceptors (Lipinski definition) is 4. The summed E-state index contributed by atoms with van der Waals surface area (Å²) in [6, 6.07) is 12.1. The molecule has 26 heavy (non-hydrogen) atoms. The molecule has 0 saturated carbocycles. The molecule has 0 aliphatic heterocycles. The van der Waals surface area contributed by atoms with Crippen molar-refractivity contribution in [2.45, 2.75) is 40.5 Å². The monoisotopic (exact) mass is 349 g/mol. The largest absolute Gasteiger partial charge is 0.339 e. The third-order valence-corrected chi connectivity index (χ3v) is 4.25. The highest BCUT2D eigenvalue weighted by Gasteiger charge is 2.12. The average Bonchev–Trinajstić information content (AvgIpc) is 3.05. The molecule has 0 aliphatic rings. The van der Waals surface area contributed by atoms with Crippen LogP contribution < -0.4 is 5.32 Å². The minimum atomic E-state index is -0.0599. The van der Waals surface area contributed by atoms with E-state index in [4.69, 9.17) is 4.52 Å². The van der Waals surface area contributed by atoms with Gasteiger partial charge in [0.1, 0.15) is 0 Å². The Morgan fingerprint density at radius 1 is 1.04 bits per heavy atom. The summed E-state index contributed by atoms with van der Waals surface area (Å²) >= 11 is 0. The number of anilines is 1. The molecule has 1 heterocycles. The van der Waals surface area contributed by atoms with Gasteiger partial charge in [0, 0.05) is 24.1 Å². The molecule has 3 rings (SSSR count). The first-order valence-corrected chi connectivity index (χ1v) is 8.69. The van der Waals surface area contributed by atoms with E-state index in [0.717, 1.165) is 27.9 Å². The van der Waals surface area contributed by atoms with Gasteiger partial charge in [-0.15, -0.1) is 0 Å². The zero-order valence-corrected chi connectivity index (χ0v) is 15.6. The second kappa shape index (κ2) is 7.52. The molecule has 0 spiro atoms. The van der Waals surface area contributed by atoms with Crippen LogP contribution in [0, 0.1) is 27.7 Å². The van der Waals surface area contributed by atoms with Crippen molar-refractivity contribution in [2.75, 3.05) is 5.32 Å². The summed E-state index contributed by atoms with van der Waals surface area (Å²) in [4.78, 5) is 16.7. The Morgan fingerprint density at radius 3 is 2.46 bits per heavy atom. The molecule has 0 radical (unpaired) electrons. The van der Waals surface area contributed by atoms with Crippen LogP contribution in [0.1, 0.15) is 34.6 Å². The van der Waals surface area contributed by atoms with E-state index in [2.05, 4.69) is 27.6 Å². The summed E-state index contributed by atoms with van der Waals surface area (Å²) < 4.78 is 5.28. The number of aromatic nitrogens is 2. The zero-order valence-electron chi connectivity index (χ0n) is 15.6. The smallest absolute Gasteiger partial charge is 0.227 e. The third-order valence-electron chi connectivity index (χ3n) is 4.25. The fourth-order valence-corrected chi connectivity index (χ4v) is 3.06. The maximum atomic E-state index is 12.3. The summed E-state index contributed by atoms with van der Waals surface area (Å²) in [5.74, 6) is 0.957. The van der Waals surface area contributed by atoms with Crippen LogP contribution in [0.2, 0.25) is 0 Å². The molecule has 0 fully saturated rings. The molecule has 5 heteroatoms. The van der Waals surface area contributed by atoms with Gasteiger partial charge >= 0.3 is 0 Å². The molecule has 1 aromatic heterocycles. The Balaban J connectivity index is 1.62. The molecule has 1 N–H and O–H groups in total. The van der Waals surface area contributed by atoms with Crippen LogP contribution in [-0.2, 0) is 11.2 Å². The van der Waals surface area contributed by atoms with Crippen molar-refractivity contribution in [1.29, 1.82) is 0 Å². The van der Waals surface area contributed by atoms with E-state index in [-0.39, 0.29) is 5.91 Å². The first kappa shape index (κ1) is 17.9. The van der Waals surface area contributed by atoms with Gasteiger partial charge in [0.15, 0.2) is 0 Å². The van der Waals surface area contributed by atoms with Crippen LogP contribution >= 0.6 is 0 Å². The van der Waals surface area contributed by atoms with Gasteiger partial charge in [0.05, 0.1) is 0 Å². The lowest BCUT2D eigenvalue weighted by Gasteiger charge is -2.12. The molecule has 1 amide bonds. The molecular formula is C21H23N3O2. The van der Waals surface area contributed by atoms with Gasteiger partial charge in [-0.2, -0.15) is 4.98 Å². The minimum absolute atomic E-state index is 0.0599. The van der Waals surface area contributed by atoms with E-state index in [0.29, 0.717) is 24.6 Å². The summed E-state index contributed by atoms with van der Waals surface area (Å²) in [7, 11) is 0. The van der Waals surface area contributed by atoms with Gasteiger partial charge in [-0.05, 0) is 44.9 Å². The highest BCUT2D eigenvalue weighted by Crippen LogP contribution is 2.22. The van der Waals surface area contributed by atoms with Crippen LogP contribution in [0.5, 0.6) is 0 Å². The first-order chi connectivity index (χ1) is 12.4. The van der Waals surface area contributed by atoms with Crippen LogP contribution in [0.15, 0.2) is 40.9 Å². The molecule has 0 atom stereocenters. The topological polar surface area (TPSA) is 68.0 Å².